The molecule has 3 atom stereocenters. The van der Waals surface area contributed by atoms with Gasteiger partial charge in [-0.15, -0.1) is 5.54 Å². The van der Waals surface area contributed by atoms with Gasteiger partial charge in [0.25, 0.3) is 0 Å². The predicted octanol–water partition coefficient (Wildman–Crippen LogP) is 9.28. The number of hydrogen-bond acceptors (Lipinski definition) is 6. The van der Waals surface area contributed by atoms with Crippen LogP contribution < -0.4 is 4.90 Å². The second-order valence-corrected chi connectivity index (χ2v) is 21.1. The highest BCUT2D eigenvalue weighted by molar-refractivity contribution is 6.90. The molecule has 4 heterocycles. The summed E-state index contributed by atoms with van der Waals surface area (Å²) in [4.78, 5) is 30.5. The first kappa shape index (κ1) is 34.7. The van der Waals surface area contributed by atoms with Gasteiger partial charge in [0.05, 0.1) is 29.1 Å². The molecule has 0 spiro atoms. The summed E-state index contributed by atoms with van der Waals surface area (Å²) in [5.74, 6) is 2.86. The van der Waals surface area contributed by atoms with Crippen molar-refractivity contribution in [2.24, 2.45) is 0 Å². The highest BCUT2D eigenvalue weighted by Crippen LogP contribution is 2.45. The van der Waals surface area contributed by atoms with Gasteiger partial charge >= 0.3 is 6.09 Å². The van der Waals surface area contributed by atoms with E-state index in [1.807, 2.05) is 39.8 Å². The third-order valence-electron chi connectivity index (χ3n) is 10.7. The van der Waals surface area contributed by atoms with E-state index in [1.54, 1.807) is 23.2 Å². The number of carbonyl (C=O) groups excluding carboxylic acids is 1. The third-order valence-corrected chi connectivity index (χ3v) is 17.0. The number of benzene rings is 2. The van der Waals surface area contributed by atoms with Gasteiger partial charge in [-0.25, -0.2) is 23.5 Å². The van der Waals surface area contributed by atoms with Crippen LogP contribution in [0.4, 0.5) is 19.4 Å². The van der Waals surface area contributed by atoms with Gasteiger partial charge in [-0.2, -0.15) is 0 Å². The van der Waals surface area contributed by atoms with E-state index in [-0.39, 0.29) is 41.0 Å². The molecule has 1 amide bonds. The SMILES string of the molecule is CC(C)[Si](C#Cc1c(F)ccc2cccc(-c3ncc4c(N5[C@@H]6CCN(C(=O)OC(C)(C)C)[C@@H]6[C@@H]5C)ncnc4c3F)c12)(C(C)C)C(C)C. The van der Waals surface area contributed by atoms with Crippen LogP contribution in [0.3, 0.4) is 0 Å². The van der Waals surface area contributed by atoms with Crippen molar-refractivity contribution >= 4 is 41.7 Å². The summed E-state index contributed by atoms with van der Waals surface area (Å²) in [7, 11) is -2.18. The van der Waals surface area contributed by atoms with E-state index in [2.05, 4.69) is 72.9 Å². The zero-order valence-corrected chi connectivity index (χ0v) is 31.2. The summed E-state index contributed by atoms with van der Waals surface area (Å²) in [6, 6.07) is 8.56. The summed E-state index contributed by atoms with van der Waals surface area (Å²) >= 11 is 0. The Morgan fingerprint density at radius 2 is 1.69 bits per heavy atom. The second kappa shape index (κ2) is 12.7. The van der Waals surface area contributed by atoms with Gasteiger partial charge in [0.15, 0.2) is 5.82 Å². The Bertz CT molecular complexity index is 1980. The molecular weight excluding hydrogens is 637 g/mol. The maximum Gasteiger partial charge on any atom is 0.410 e. The van der Waals surface area contributed by atoms with Crippen molar-refractivity contribution in [3.8, 4) is 22.7 Å². The molecule has 0 saturated carbocycles. The third kappa shape index (κ3) is 5.74. The molecule has 0 aliphatic carbocycles. The van der Waals surface area contributed by atoms with E-state index in [0.29, 0.717) is 45.3 Å². The highest BCUT2D eigenvalue weighted by Gasteiger charge is 2.55. The Morgan fingerprint density at radius 3 is 2.35 bits per heavy atom. The Kier molecular flexibility index (Phi) is 8.97. The molecule has 7 nitrogen and oxygen atoms in total. The van der Waals surface area contributed by atoms with Crippen LogP contribution >= 0.6 is 0 Å². The average molecular weight is 684 g/mol. The van der Waals surface area contributed by atoms with E-state index >= 15 is 8.78 Å². The monoisotopic (exact) mass is 683 g/mol. The molecule has 2 aromatic carbocycles. The number of likely N-dealkylation sites (tertiary alicyclic amines) is 1. The molecule has 10 heteroatoms. The maximum atomic E-state index is 16.7. The molecule has 2 aliphatic heterocycles. The van der Waals surface area contributed by atoms with Crippen molar-refractivity contribution < 1.29 is 18.3 Å². The summed E-state index contributed by atoms with van der Waals surface area (Å²) < 4.78 is 38.1. The van der Waals surface area contributed by atoms with Crippen LogP contribution in [0.1, 0.15) is 81.2 Å². The van der Waals surface area contributed by atoms with Crippen molar-refractivity contribution in [2.75, 3.05) is 11.4 Å². The number of nitrogens with zero attached hydrogens (tertiary/aromatic N) is 5. The van der Waals surface area contributed by atoms with Crippen LogP contribution in [0, 0.1) is 23.1 Å². The van der Waals surface area contributed by atoms with Crippen LogP contribution in [-0.4, -0.2) is 64.3 Å². The first-order valence-corrected chi connectivity index (χ1v) is 19.6. The predicted molar refractivity (Wildman–Crippen MR) is 195 cm³/mol. The van der Waals surface area contributed by atoms with Crippen LogP contribution in [-0.2, 0) is 4.74 Å². The standard InChI is InChI=1S/C39H47F2N5O2Si/c1-22(2)49(23(3)4,24(5)6)19-17-27-30(40)15-14-26-12-11-13-28(32(26)27)34-33(41)35-29(20-42-34)37(44-21-43-35)46-25(7)36-31(46)16-18-45(36)38(47)48-39(8,9)10/h11-15,20-25,31,36H,16,18H2,1-10H3/t25-,31+,36+/m0/s1. The number of carbonyl (C=O) groups is 1. The summed E-state index contributed by atoms with van der Waals surface area (Å²) in [6.07, 6.45) is 3.41. The molecule has 0 unspecified atom stereocenters. The Hall–Kier alpha value is -4.10. The zero-order chi connectivity index (χ0) is 35.6. The van der Waals surface area contributed by atoms with E-state index in [9.17, 15) is 4.79 Å². The maximum absolute atomic E-state index is 16.7. The van der Waals surface area contributed by atoms with Gasteiger partial charge in [-0.05, 0) is 62.2 Å². The van der Waals surface area contributed by atoms with Crippen LogP contribution in [0.5, 0.6) is 0 Å². The van der Waals surface area contributed by atoms with E-state index < -0.39 is 25.3 Å². The number of pyridine rings is 1. The minimum Gasteiger partial charge on any atom is -0.444 e. The van der Waals surface area contributed by atoms with Crippen LogP contribution in [0.2, 0.25) is 16.6 Å². The van der Waals surface area contributed by atoms with Gasteiger partial charge in [0.2, 0.25) is 0 Å². The molecule has 6 rings (SSSR count). The minimum atomic E-state index is -2.18. The van der Waals surface area contributed by atoms with E-state index in [1.165, 1.54) is 12.4 Å². The summed E-state index contributed by atoms with van der Waals surface area (Å²) in [5, 5.41) is 1.79. The van der Waals surface area contributed by atoms with E-state index in [0.717, 1.165) is 11.8 Å². The molecule has 49 heavy (non-hydrogen) atoms. The Morgan fingerprint density at radius 1 is 1.00 bits per heavy atom. The largest absolute Gasteiger partial charge is 0.444 e. The number of amides is 1. The Labute approximate surface area is 289 Å². The highest BCUT2D eigenvalue weighted by atomic mass is 28.3. The average Bonchev–Trinajstić information content (AvgIpc) is 3.41. The van der Waals surface area contributed by atoms with Gasteiger partial charge < -0.3 is 14.5 Å². The fourth-order valence-electron chi connectivity index (χ4n) is 8.58. The van der Waals surface area contributed by atoms with Crippen molar-refractivity contribution in [3.05, 3.63) is 60.1 Å². The fourth-order valence-corrected chi connectivity index (χ4v) is 13.8. The molecule has 0 N–H and O–H groups in total. The lowest BCUT2D eigenvalue weighted by molar-refractivity contribution is 0.0150. The molecule has 2 saturated heterocycles. The number of fused-ring (bicyclic) bond motifs is 3. The molecule has 0 radical (unpaired) electrons. The van der Waals surface area contributed by atoms with Crippen LogP contribution in [0.25, 0.3) is 32.9 Å². The lowest BCUT2D eigenvalue weighted by Gasteiger charge is -2.53. The number of anilines is 1. The zero-order valence-electron chi connectivity index (χ0n) is 30.2. The van der Waals surface area contributed by atoms with Crippen molar-refractivity contribution in [3.63, 3.8) is 0 Å². The van der Waals surface area contributed by atoms with Crippen molar-refractivity contribution in [1.82, 2.24) is 19.9 Å². The van der Waals surface area contributed by atoms with E-state index in [4.69, 9.17) is 4.74 Å². The smallest absolute Gasteiger partial charge is 0.410 e. The molecule has 2 aliphatic rings. The van der Waals surface area contributed by atoms with Gasteiger partial charge in [0, 0.05) is 23.7 Å². The lowest BCUT2D eigenvalue weighted by Crippen LogP contribution is -2.69. The molecule has 4 aromatic rings. The molecule has 258 valence electrons. The summed E-state index contributed by atoms with van der Waals surface area (Å²) in [5.41, 5.74) is 5.16. The number of hydrogen-bond donors (Lipinski definition) is 0. The van der Waals surface area contributed by atoms with Crippen molar-refractivity contribution in [1.29, 1.82) is 0 Å². The fraction of sp³-hybridized carbons (Fsp3) is 0.487. The van der Waals surface area contributed by atoms with Gasteiger partial charge in [-0.1, -0.05) is 71.7 Å². The Balaban J connectivity index is 1.43. The molecule has 2 fully saturated rings. The van der Waals surface area contributed by atoms with Crippen LogP contribution in [0.15, 0.2) is 42.9 Å². The number of rotatable bonds is 5. The first-order valence-electron chi connectivity index (χ1n) is 17.4. The second-order valence-electron chi connectivity index (χ2n) is 15.5. The number of ether oxygens (including phenoxy) is 1. The topological polar surface area (TPSA) is 71.5 Å². The molecular formula is C39H47F2N5O2Si. The lowest BCUT2D eigenvalue weighted by atomic mass is 9.88. The minimum absolute atomic E-state index is 0.0173. The first-order chi connectivity index (χ1) is 23.1. The molecule has 0 bridgehead atoms. The number of aromatic nitrogens is 3. The number of halogens is 2. The summed E-state index contributed by atoms with van der Waals surface area (Å²) in [6.45, 7) is 21.5. The van der Waals surface area contributed by atoms with Gasteiger partial charge in [-0.3, -0.25) is 4.98 Å². The van der Waals surface area contributed by atoms with Gasteiger partial charge in [0.1, 0.15) is 42.8 Å². The van der Waals surface area contributed by atoms with Crippen molar-refractivity contribution in [2.45, 2.75) is 116 Å². The normalized spacial score (nSPS) is 19.4. The molecule has 2 aromatic heterocycles. The quantitative estimate of drug-likeness (QED) is 0.154.